The number of amides is 6. The molecule has 4 rings (SSSR count). The van der Waals surface area contributed by atoms with Crippen LogP contribution >= 0.6 is 0 Å². The first-order valence-electron chi connectivity index (χ1n) is 20.5. The van der Waals surface area contributed by atoms with Crippen molar-refractivity contribution < 1.29 is 58.5 Å². The Bertz CT molecular complexity index is 1860. The van der Waals surface area contributed by atoms with Gasteiger partial charge >= 0.3 is 17.9 Å². The van der Waals surface area contributed by atoms with Crippen LogP contribution in [-0.4, -0.2) is 105 Å². The van der Waals surface area contributed by atoms with E-state index in [0.29, 0.717) is 16.7 Å². The smallest absolute Gasteiger partial charge is 0.325 e. The molecule has 1 fully saturated rings. The first kappa shape index (κ1) is 48.6. The van der Waals surface area contributed by atoms with Crippen LogP contribution < -0.4 is 31.9 Å². The molecule has 0 aromatic heterocycles. The highest BCUT2D eigenvalue weighted by molar-refractivity contribution is 5.95. The highest BCUT2D eigenvalue weighted by Crippen LogP contribution is 2.35. The van der Waals surface area contributed by atoms with E-state index in [1.54, 1.807) is 91.0 Å². The molecule has 3 aromatic rings. The fourth-order valence-electron chi connectivity index (χ4n) is 7.13. The number of nitrogens with one attached hydrogen (secondary N) is 6. The van der Waals surface area contributed by atoms with E-state index in [1.807, 2.05) is 0 Å². The Kier molecular flexibility index (Phi) is 17.9. The number of hydrogen-bond acceptors (Lipinski definition) is 9. The van der Waals surface area contributed by atoms with E-state index in [4.69, 9.17) is 0 Å². The predicted molar refractivity (Wildman–Crippen MR) is 226 cm³/mol. The summed E-state index contributed by atoms with van der Waals surface area (Å²) in [6, 6.07) is 18.1. The van der Waals surface area contributed by atoms with E-state index in [0.717, 1.165) is 0 Å². The molecular formula is C45H54N6O12. The Hall–Kier alpha value is -7.11. The van der Waals surface area contributed by atoms with Gasteiger partial charge in [0.05, 0.1) is 0 Å². The van der Waals surface area contributed by atoms with Crippen LogP contribution in [0.3, 0.4) is 0 Å². The van der Waals surface area contributed by atoms with Crippen LogP contribution in [0.1, 0.15) is 56.7 Å². The molecule has 18 heteroatoms. The molecule has 1 aliphatic rings. The van der Waals surface area contributed by atoms with E-state index < -0.39 is 107 Å². The zero-order valence-electron chi connectivity index (χ0n) is 35.1. The molecule has 9 N–H and O–H groups in total. The van der Waals surface area contributed by atoms with Crippen molar-refractivity contribution in [2.75, 3.05) is 0 Å². The summed E-state index contributed by atoms with van der Waals surface area (Å²) in [5, 5.41) is 43.6. The molecule has 63 heavy (non-hydrogen) atoms. The van der Waals surface area contributed by atoms with Crippen molar-refractivity contribution in [1.29, 1.82) is 0 Å². The van der Waals surface area contributed by atoms with Gasteiger partial charge in [0.2, 0.25) is 35.4 Å². The van der Waals surface area contributed by atoms with Crippen LogP contribution in [0.4, 0.5) is 0 Å². The Morgan fingerprint density at radius 2 is 0.635 bits per heavy atom. The maximum atomic E-state index is 14.3. The van der Waals surface area contributed by atoms with E-state index in [1.165, 1.54) is 20.8 Å². The Labute approximate surface area is 364 Å². The van der Waals surface area contributed by atoms with Gasteiger partial charge in [0.25, 0.3) is 0 Å². The first-order valence-corrected chi connectivity index (χ1v) is 20.5. The van der Waals surface area contributed by atoms with Crippen LogP contribution in [0, 0.1) is 17.8 Å². The van der Waals surface area contributed by atoms with Gasteiger partial charge in [0, 0.05) is 37.0 Å². The lowest BCUT2D eigenvalue weighted by atomic mass is 9.73. The van der Waals surface area contributed by atoms with Crippen molar-refractivity contribution in [3.8, 4) is 0 Å². The van der Waals surface area contributed by atoms with Crippen LogP contribution in [0.5, 0.6) is 0 Å². The lowest BCUT2D eigenvalue weighted by Crippen LogP contribution is -2.56. The van der Waals surface area contributed by atoms with Crippen molar-refractivity contribution in [3.63, 3.8) is 0 Å². The van der Waals surface area contributed by atoms with Gasteiger partial charge in [-0.2, -0.15) is 0 Å². The summed E-state index contributed by atoms with van der Waals surface area (Å²) in [5.41, 5.74) is 1.91. The largest absolute Gasteiger partial charge is 0.480 e. The maximum Gasteiger partial charge on any atom is 0.325 e. The predicted octanol–water partition coefficient (Wildman–Crippen LogP) is 0.969. The summed E-state index contributed by atoms with van der Waals surface area (Å²) < 4.78 is 0. The van der Waals surface area contributed by atoms with Gasteiger partial charge in [-0.3, -0.25) is 43.2 Å². The molecule has 6 amide bonds. The summed E-state index contributed by atoms with van der Waals surface area (Å²) in [6.07, 6.45) is -0.615. The number of aliphatic carboxylic acids is 3. The minimum atomic E-state index is -1.31. The molecule has 0 bridgehead atoms. The van der Waals surface area contributed by atoms with Crippen molar-refractivity contribution in [1.82, 2.24) is 31.9 Å². The highest BCUT2D eigenvalue weighted by atomic mass is 16.4. The number of hydrogen-bond donors (Lipinski definition) is 9. The summed E-state index contributed by atoms with van der Waals surface area (Å²) in [5.74, 6) is -11.8. The molecule has 18 nitrogen and oxygen atoms in total. The Balaban J connectivity index is 1.67. The zero-order valence-corrected chi connectivity index (χ0v) is 35.1. The lowest BCUT2D eigenvalue weighted by Gasteiger charge is -2.35. The molecule has 9 atom stereocenters. The number of carbonyl (C=O) groups is 9. The van der Waals surface area contributed by atoms with Gasteiger partial charge in [-0.15, -0.1) is 0 Å². The third kappa shape index (κ3) is 15.1. The van der Waals surface area contributed by atoms with Crippen molar-refractivity contribution >= 4 is 53.4 Å². The van der Waals surface area contributed by atoms with Crippen LogP contribution in [0.25, 0.3) is 0 Å². The molecule has 336 valence electrons. The maximum absolute atomic E-state index is 14.3. The lowest BCUT2D eigenvalue weighted by molar-refractivity contribution is -0.142. The summed E-state index contributed by atoms with van der Waals surface area (Å²) in [7, 11) is 0. The number of carboxylic acid groups (broad SMARTS) is 3. The average molecular weight is 871 g/mol. The van der Waals surface area contributed by atoms with Gasteiger partial charge in [-0.05, 0) is 56.7 Å². The molecule has 3 aromatic carbocycles. The van der Waals surface area contributed by atoms with Crippen LogP contribution in [0.2, 0.25) is 0 Å². The molecular weight excluding hydrogens is 817 g/mol. The van der Waals surface area contributed by atoms with Gasteiger partial charge < -0.3 is 47.2 Å². The third-order valence-corrected chi connectivity index (χ3v) is 10.8. The first-order chi connectivity index (χ1) is 29.9. The highest BCUT2D eigenvalue weighted by Gasteiger charge is 2.42. The second-order valence-electron chi connectivity index (χ2n) is 15.8. The standard InChI is InChI=1S/C45H54N6O12/c1-25(43(58)59)46-40(55)34(19-28-13-7-4-8-14-28)49-37(52)31-22-32(38(53)50-35(20-29-15-9-5-10-16-29)41(56)47-26(2)44(60)61)24-33(23-31)39(54)51-36(21-30-17-11-6-12-18-30)42(57)48-27(3)45(62)63/h4-18,25-27,31-36H,19-24H2,1-3H3,(H,46,55)(H,47,56)(H,48,57)(H,49,52)(H,50,53)(H,51,54)(H,58,59)(H,60,61)(H,62,63)/t25-,26-,27?,31-,32+,33?,34+,35+,36+/m1/s1. The molecule has 0 aliphatic heterocycles. The summed E-state index contributed by atoms with van der Waals surface area (Å²) in [6.45, 7) is 3.78. The van der Waals surface area contributed by atoms with E-state index in [-0.39, 0.29) is 38.5 Å². The van der Waals surface area contributed by atoms with E-state index >= 15 is 0 Å². The fourth-order valence-corrected chi connectivity index (χ4v) is 7.13. The molecule has 0 spiro atoms. The second-order valence-corrected chi connectivity index (χ2v) is 15.8. The van der Waals surface area contributed by atoms with E-state index in [2.05, 4.69) is 31.9 Å². The SMILES string of the molecule is CC(NC(=O)[C@H](Cc1ccccc1)NC(=O)C1C[C@@H](C(=O)N[C@@H](Cc2ccccc2)C(=O)N[C@H](C)C(=O)O)C[C@@H](C(=O)N[C@@H](Cc2ccccc2)C(=O)N[C@H](C)C(=O)O)C1)C(=O)O. The summed E-state index contributed by atoms with van der Waals surface area (Å²) in [4.78, 5) is 118. The van der Waals surface area contributed by atoms with Crippen molar-refractivity contribution in [2.45, 2.75) is 95.5 Å². The topological polar surface area (TPSA) is 286 Å². The second kappa shape index (κ2) is 23.2. The number of carbonyl (C=O) groups excluding carboxylic acids is 6. The van der Waals surface area contributed by atoms with Gasteiger partial charge in [0.15, 0.2) is 0 Å². The minimum absolute atomic E-state index is 0.0403. The zero-order chi connectivity index (χ0) is 46.2. The number of rotatable bonds is 21. The molecule has 0 heterocycles. The Morgan fingerprint density at radius 1 is 0.413 bits per heavy atom. The molecule has 1 aliphatic carbocycles. The quantitative estimate of drug-likeness (QED) is 0.0724. The fraction of sp³-hybridized carbons (Fsp3) is 0.400. The van der Waals surface area contributed by atoms with Gasteiger partial charge in [0.1, 0.15) is 36.3 Å². The van der Waals surface area contributed by atoms with Gasteiger partial charge in [-0.1, -0.05) is 91.0 Å². The molecule has 1 saturated carbocycles. The molecule has 0 radical (unpaired) electrons. The monoisotopic (exact) mass is 870 g/mol. The minimum Gasteiger partial charge on any atom is -0.480 e. The normalized spacial score (nSPS) is 18.6. The average Bonchev–Trinajstić information content (AvgIpc) is 3.26. The van der Waals surface area contributed by atoms with Crippen molar-refractivity contribution in [2.24, 2.45) is 17.8 Å². The summed E-state index contributed by atoms with van der Waals surface area (Å²) >= 11 is 0. The number of benzene rings is 3. The van der Waals surface area contributed by atoms with Crippen LogP contribution in [0.15, 0.2) is 91.0 Å². The molecule has 2 unspecified atom stereocenters. The van der Waals surface area contributed by atoms with Gasteiger partial charge in [-0.25, -0.2) is 0 Å². The third-order valence-electron chi connectivity index (χ3n) is 10.8. The van der Waals surface area contributed by atoms with Crippen molar-refractivity contribution in [3.05, 3.63) is 108 Å². The Morgan fingerprint density at radius 3 is 0.841 bits per heavy atom. The molecule has 0 saturated heterocycles. The van der Waals surface area contributed by atoms with E-state index in [9.17, 15) is 58.5 Å². The number of carboxylic acids is 3. The van der Waals surface area contributed by atoms with Crippen LogP contribution in [-0.2, 0) is 62.4 Å².